The zero-order chi connectivity index (χ0) is 18.3. The number of carbonyl (C=O) groups excluding carboxylic acids is 2. The van der Waals surface area contributed by atoms with Gasteiger partial charge in [0.2, 0.25) is 0 Å². The zero-order valence-electron chi connectivity index (χ0n) is 13.7. The highest BCUT2D eigenvalue weighted by Crippen LogP contribution is 2.32. The molecule has 0 aliphatic carbocycles. The maximum absolute atomic E-state index is 12.4. The normalized spacial score (nSPS) is 15.7. The zero-order valence-corrected chi connectivity index (χ0v) is 13.7. The summed E-state index contributed by atoms with van der Waals surface area (Å²) in [6.45, 7) is 1.65. The quantitative estimate of drug-likeness (QED) is 0.741. The average Bonchev–Trinajstić information content (AvgIpc) is 2.63. The Balaban J connectivity index is 1.62. The molecule has 0 spiro atoms. The van der Waals surface area contributed by atoms with Gasteiger partial charge >= 0.3 is 0 Å². The van der Waals surface area contributed by atoms with Gasteiger partial charge in [-0.3, -0.25) is 14.4 Å². The van der Waals surface area contributed by atoms with E-state index < -0.39 is 12.0 Å². The molecule has 0 fully saturated rings. The number of para-hydroxylation sites is 1. The van der Waals surface area contributed by atoms with E-state index in [9.17, 15) is 14.4 Å². The van der Waals surface area contributed by atoms with E-state index in [1.807, 2.05) is 0 Å². The molecule has 3 aromatic rings. The molecule has 0 saturated heterocycles. The lowest BCUT2D eigenvalue weighted by Gasteiger charge is -2.23. The molecule has 1 aliphatic rings. The molecule has 2 N–H and O–H groups in total. The van der Waals surface area contributed by atoms with Crippen molar-refractivity contribution in [2.24, 2.45) is 0 Å². The second-order valence-electron chi connectivity index (χ2n) is 5.89. The molecule has 4 rings (SSSR count). The minimum atomic E-state index is -0.574. The van der Waals surface area contributed by atoms with Crippen LogP contribution in [0.1, 0.15) is 17.5 Å². The van der Waals surface area contributed by atoms with Gasteiger partial charge in [0, 0.05) is 11.8 Å². The van der Waals surface area contributed by atoms with Gasteiger partial charge in [0.1, 0.15) is 11.3 Å². The first-order valence-electron chi connectivity index (χ1n) is 7.97. The molecule has 1 atom stereocenters. The van der Waals surface area contributed by atoms with Gasteiger partial charge in [-0.25, -0.2) is 0 Å². The van der Waals surface area contributed by atoms with Gasteiger partial charge in [-0.1, -0.05) is 12.1 Å². The van der Waals surface area contributed by atoms with Gasteiger partial charge in [-0.2, -0.15) is 0 Å². The lowest BCUT2D eigenvalue weighted by Crippen LogP contribution is -2.34. The Kier molecular flexibility index (Phi) is 3.69. The summed E-state index contributed by atoms with van der Waals surface area (Å²) in [5.41, 5.74) is 0.941. The van der Waals surface area contributed by atoms with Crippen molar-refractivity contribution in [3.63, 3.8) is 0 Å². The number of rotatable bonds is 2. The highest BCUT2D eigenvalue weighted by Gasteiger charge is 2.24. The van der Waals surface area contributed by atoms with Crippen LogP contribution in [0.15, 0.2) is 57.7 Å². The highest BCUT2D eigenvalue weighted by atomic mass is 16.5. The molecular weight excluding hydrogens is 336 g/mol. The molecule has 2 amide bonds. The lowest BCUT2D eigenvalue weighted by molar-refractivity contribution is -0.122. The number of ether oxygens (including phenoxy) is 1. The Hall–Kier alpha value is -3.61. The summed E-state index contributed by atoms with van der Waals surface area (Å²) in [5.74, 6) is -0.404. The van der Waals surface area contributed by atoms with E-state index in [1.54, 1.807) is 49.4 Å². The molecule has 7 heteroatoms. The largest absolute Gasteiger partial charge is 0.479 e. The van der Waals surface area contributed by atoms with Crippen molar-refractivity contribution in [1.82, 2.24) is 0 Å². The van der Waals surface area contributed by atoms with E-state index >= 15 is 0 Å². The standard InChI is InChI=1S/C19H14N2O5/c1-10-18(23)21-13-8-11(6-7-16(13)25-10)20-19(24)17-9-14(22)12-4-2-3-5-15(12)26-17/h2-10H,1H3,(H,20,24)(H,21,23)/t10-/m0/s1. The number of hydrogen-bond acceptors (Lipinski definition) is 5. The summed E-state index contributed by atoms with van der Waals surface area (Å²) in [6, 6.07) is 12.7. The first-order chi connectivity index (χ1) is 12.5. The van der Waals surface area contributed by atoms with E-state index in [-0.39, 0.29) is 17.1 Å². The predicted octanol–water partition coefficient (Wildman–Crippen LogP) is 2.76. The summed E-state index contributed by atoms with van der Waals surface area (Å²) < 4.78 is 11.0. The number of fused-ring (bicyclic) bond motifs is 2. The fourth-order valence-corrected chi connectivity index (χ4v) is 2.70. The van der Waals surface area contributed by atoms with Crippen LogP contribution in [-0.2, 0) is 4.79 Å². The maximum Gasteiger partial charge on any atom is 0.291 e. The van der Waals surface area contributed by atoms with Gasteiger partial charge in [0.05, 0.1) is 11.1 Å². The van der Waals surface area contributed by atoms with Crippen LogP contribution in [0.25, 0.3) is 11.0 Å². The highest BCUT2D eigenvalue weighted by molar-refractivity contribution is 6.04. The van der Waals surface area contributed by atoms with Crippen LogP contribution in [0.3, 0.4) is 0 Å². The maximum atomic E-state index is 12.4. The van der Waals surface area contributed by atoms with Gasteiger partial charge in [0.15, 0.2) is 17.3 Å². The molecule has 1 aromatic heterocycles. The molecule has 0 radical (unpaired) electrons. The van der Waals surface area contributed by atoms with Crippen LogP contribution in [0.5, 0.6) is 5.75 Å². The van der Waals surface area contributed by atoms with Gasteiger partial charge in [-0.15, -0.1) is 0 Å². The third-order valence-corrected chi connectivity index (χ3v) is 4.03. The lowest BCUT2D eigenvalue weighted by atomic mass is 10.2. The number of hydrogen-bond donors (Lipinski definition) is 2. The summed E-state index contributed by atoms with van der Waals surface area (Å²) in [4.78, 5) is 36.2. The van der Waals surface area contributed by atoms with E-state index in [4.69, 9.17) is 9.15 Å². The molecule has 2 aromatic carbocycles. The molecule has 1 aliphatic heterocycles. The molecule has 130 valence electrons. The molecule has 26 heavy (non-hydrogen) atoms. The molecule has 0 saturated carbocycles. The Labute approximate surface area is 147 Å². The first kappa shape index (κ1) is 15.9. The average molecular weight is 350 g/mol. The van der Waals surface area contributed by atoms with Gasteiger partial charge in [-0.05, 0) is 37.3 Å². The van der Waals surface area contributed by atoms with Crippen LogP contribution >= 0.6 is 0 Å². The third-order valence-electron chi connectivity index (χ3n) is 4.03. The van der Waals surface area contributed by atoms with E-state index in [0.29, 0.717) is 28.1 Å². The first-order valence-corrected chi connectivity index (χ1v) is 7.97. The summed E-state index contributed by atoms with van der Waals surface area (Å²) >= 11 is 0. The molecule has 7 nitrogen and oxygen atoms in total. The number of amides is 2. The number of anilines is 2. The van der Waals surface area contributed by atoms with Gasteiger partial charge < -0.3 is 19.8 Å². The van der Waals surface area contributed by atoms with E-state index in [2.05, 4.69) is 10.6 Å². The van der Waals surface area contributed by atoms with Crippen molar-refractivity contribution in [3.05, 3.63) is 64.5 Å². The monoisotopic (exact) mass is 350 g/mol. The minimum absolute atomic E-state index is 0.0969. The molecular formula is C19H14N2O5. The summed E-state index contributed by atoms with van der Waals surface area (Å²) in [5, 5.41) is 5.76. The number of carbonyl (C=O) groups is 2. The van der Waals surface area contributed by atoms with Crippen LogP contribution in [0, 0.1) is 0 Å². The van der Waals surface area contributed by atoms with Crippen molar-refractivity contribution in [1.29, 1.82) is 0 Å². The molecule has 2 heterocycles. The van der Waals surface area contributed by atoms with Crippen LogP contribution in [-0.4, -0.2) is 17.9 Å². The third kappa shape index (κ3) is 2.79. The van der Waals surface area contributed by atoms with Crippen molar-refractivity contribution in [2.75, 3.05) is 10.6 Å². The van der Waals surface area contributed by atoms with Crippen LogP contribution in [0.2, 0.25) is 0 Å². The van der Waals surface area contributed by atoms with E-state index in [0.717, 1.165) is 6.07 Å². The fourth-order valence-electron chi connectivity index (χ4n) is 2.70. The second kappa shape index (κ2) is 6.03. The summed E-state index contributed by atoms with van der Waals surface area (Å²) in [7, 11) is 0. The number of benzene rings is 2. The molecule has 0 bridgehead atoms. The van der Waals surface area contributed by atoms with E-state index in [1.165, 1.54) is 0 Å². The Morgan fingerprint density at radius 2 is 1.92 bits per heavy atom. The van der Waals surface area contributed by atoms with Crippen molar-refractivity contribution < 1.29 is 18.7 Å². The Bertz CT molecular complexity index is 1100. The number of nitrogens with one attached hydrogen (secondary N) is 2. The Morgan fingerprint density at radius 1 is 1.12 bits per heavy atom. The topological polar surface area (TPSA) is 97.6 Å². The second-order valence-corrected chi connectivity index (χ2v) is 5.89. The smallest absolute Gasteiger partial charge is 0.291 e. The minimum Gasteiger partial charge on any atom is -0.479 e. The Morgan fingerprint density at radius 3 is 2.77 bits per heavy atom. The van der Waals surface area contributed by atoms with Crippen LogP contribution in [0.4, 0.5) is 11.4 Å². The SMILES string of the molecule is C[C@@H]1Oc2ccc(NC(=O)c3cc(=O)c4ccccc4o3)cc2NC1=O. The summed E-state index contributed by atoms with van der Waals surface area (Å²) in [6.07, 6.45) is -0.574. The van der Waals surface area contributed by atoms with Crippen molar-refractivity contribution >= 4 is 34.2 Å². The van der Waals surface area contributed by atoms with Gasteiger partial charge in [0.25, 0.3) is 11.8 Å². The molecule has 0 unspecified atom stereocenters. The fraction of sp³-hybridized carbons (Fsp3) is 0.105. The predicted molar refractivity (Wildman–Crippen MR) is 95.6 cm³/mol. The van der Waals surface area contributed by atoms with Crippen molar-refractivity contribution in [3.8, 4) is 5.75 Å². The van der Waals surface area contributed by atoms with Crippen molar-refractivity contribution in [2.45, 2.75) is 13.0 Å². The van der Waals surface area contributed by atoms with Crippen LogP contribution < -0.4 is 20.8 Å².